The molecule has 2 heterocycles. The lowest BCUT2D eigenvalue weighted by Gasteiger charge is -2.25. The first kappa shape index (κ1) is 17.3. The lowest BCUT2D eigenvalue weighted by Crippen LogP contribution is -2.40. The lowest BCUT2D eigenvalue weighted by molar-refractivity contribution is 0.192. The number of nitrogens with one attached hydrogen (secondary N) is 1. The van der Waals surface area contributed by atoms with Crippen LogP contribution in [0, 0.1) is 0 Å². The molecule has 0 spiro atoms. The number of amides is 2. The Hall–Kier alpha value is -2.50. The van der Waals surface area contributed by atoms with E-state index >= 15 is 0 Å². The van der Waals surface area contributed by atoms with Crippen molar-refractivity contribution in [3.63, 3.8) is 0 Å². The van der Waals surface area contributed by atoms with Gasteiger partial charge in [0.1, 0.15) is 5.75 Å². The molecule has 3 rings (SSSR count). The van der Waals surface area contributed by atoms with Gasteiger partial charge in [0.15, 0.2) is 0 Å². The summed E-state index contributed by atoms with van der Waals surface area (Å²) in [6.45, 7) is 4.98. The molecule has 1 atom stereocenters. The summed E-state index contributed by atoms with van der Waals surface area (Å²) in [4.78, 5) is 18.5. The Kier molecular flexibility index (Phi) is 5.93. The number of carbonyl (C=O) groups is 1. The molecule has 0 radical (unpaired) electrons. The number of urea groups is 1. The monoisotopic (exact) mass is 342 g/mol. The van der Waals surface area contributed by atoms with Gasteiger partial charge in [-0.25, -0.2) is 9.78 Å². The van der Waals surface area contributed by atoms with Crippen molar-refractivity contribution in [2.45, 2.75) is 38.8 Å². The van der Waals surface area contributed by atoms with Crippen molar-refractivity contribution >= 4 is 6.03 Å². The van der Waals surface area contributed by atoms with E-state index in [0.717, 1.165) is 38.1 Å². The van der Waals surface area contributed by atoms with Crippen LogP contribution in [0.2, 0.25) is 0 Å². The molecule has 6 heteroatoms. The van der Waals surface area contributed by atoms with Crippen molar-refractivity contribution in [2.75, 3.05) is 19.7 Å². The first-order chi connectivity index (χ1) is 12.3. The highest BCUT2D eigenvalue weighted by Crippen LogP contribution is 2.32. The smallest absolute Gasteiger partial charge is 0.317 e. The number of nitrogens with zero attached hydrogens (tertiary/aromatic N) is 3. The van der Waals surface area contributed by atoms with Gasteiger partial charge in [-0.3, -0.25) is 0 Å². The fraction of sp³-hybridized carbons (Fsp3) is 0.474. The number of hydrogen-bond acceptors (Lipinski definition) is 3. The Morgan fingerprint density at radius 3 is 2.92 bits per heavy atom. The fourth-order valence-corrected chi connectivity index (χ4v) is 3.29. The minimum Gasteiger partial charge on any atom is -0.494 e. The van der Waals surface area contributed by atoms with Gasteiger partial charge < -0.3 is 19.5 Å². The van der Waals surface area contributed by atoms with Crippen LogP contribution >= 0.6 is 0 Å². The van der Waals surface area contributed by atoms with Crippen molar-refractivity contribution < 1.29 is 9.53 Å². The van der Waals surface area contributed by atoms with E-state index in [9.17, 15) is 4.79 Å². The summed E-state index contributed by atoms with van der Waals surface area (Å²) in [6.07, 6.45) is 8.44. The summed E-state index contributed by atoms with van der Waals surface area (Å²) in [5.41, 5.74) is 1.18. The molecule has 1 N–H and O–H groups in total. The van der Waals surface area contributed by atoms with Gasteiger partial charge >= 0.3 is 6.03 Å². The molecule has 1 aliphatic heterocycles. The van der Waals surface area contributed by atoms with Crippen molar-refractivity contribution in [1.29, 1.82) is 0 Å². The highest BCUT2D eigenvalue weighted by Gasteiger charge is 2.29. The first-order valence-corrected chi connectivity index (χ1v) is 9.01. The highest BCUT2D eigenvalue weighted by molar-refractivity contribution is 5.75. The summed E-state index contributed by atoms with van der Waals surface area (Å²) >= 11 is 0. The van der Waals surface area contributed by atoms with E-state index in [-0.39, 0.29) is 12.1 Å². The third-order valence-corrected chi connectivity index (χ3v) is 4.52. The van der Waals surface area contributed by atoms with Gasteiger partial charge in [0.05, 0.1) is 19.0 Å². The van der Waals surface area contributed by atoms with E-state index in [4.69, 9.17) is 4.74 Å². The minimum atomic E-state index is 0.0296. The average Bonchev–Trinajstić information content (AvgIpc) is 3.31. The number of ether oxygens (including phenoxy) is 1. The lowest BCUT2D eigenvalue weighted by atomic mass is 10.0. The standard InChI is InChI=1S/C19H26N4O2/c1-2-25-17-8-6-16(7-9-17)18-5-3-13-23(18)19(24)21-10-4-12-22-14-11-20-15-22/h6-9,11,14-15,18H,2-5,10,12-13H2,1H3,(H,21,24)/t18-/m1/s1. The topological polar surface area (TPSA) is 59.4 Å². The van der Waals surface area contributed by atoms with Crippen LogP contribution in [0.1, 0.15) is 37.8 Å². The van der Waals surface area contributed by atoms with Crippen LogP contribution in [0.15, 0.2) is 43.0 Å². The van der Waals surface area contributed by atoms with Gasteiger partial charge in [0, 0.05) is 32.0 Å². The SMILES string of the molecule is CCOc1ccc([C@H]2CCCN2C(=O)NCCCn2ccnc2)cc1. The third-order valence-electron chi connectivity index (χ3n) is 4.52. The van der Waals surface area contributed by atoms with E-state index in [0.29, 0.717) is 13.2 Å². The van der Waals surface area contributed by atoms with Gasteiger partial charge in [-0.15, -0.1) is 0 Å². The Morgan fingerprint density at radius 1 is 1.36 bits per heavy atom. The maximum Gasteiger partial charge on any atom is 0.317 e. The van der Waals surface area contributed by atoms with Crippen LogP contribution in [0.5, 0.6) is 5.75 Å². The summed E-state index contributed by atoms with van der Waals surface area (Å²) < 4.78 is 7.51. The Bertz CT molecular complexity index is 655. The minimum absolute atomic E-state index is 0.0296. The van der Waals surface area contributed by atoms with Gasteiger partial charge in [-0.1, -0.05) is 12.1 Å². The molecule has 0 aliphatic carbocycles. The molecule has 134 valence electrons. The van der Waals surface area contributed by atoms with Crippen molar-refractivity contribution in [3.8, 4) is 5.75 Å². The second kappa shape index (κ2) is 8.55. The Morgan fingerprint density at radius 2 is 2.20 bits per heavy atom. The number of rotatable bonds is 7. The molecule has 1 aromatic carbocycles. The van der Waals surface area contributed by atoms with E-state index in [1.54, 1.807) is 12.5 Å². The quantitative estimate of drug-likeness (QED) is 0.786. The van der Waals surface area contributed by atoms with Crippen LogP contribution in [0.4, 0.5) is 4.79 Å². The zero-order valence-electron chi connectivity index (χ0n) is 14.7. The van der Waals surface area contributed by atoms with Crippen molar-refractivity contribution in [1.82, 2.24) is 19.8 Å². The molecular weight excluding hydrogens is 316 g/mol. The summed E-state index contributed by atoms with van der Waals surface area (Å²) in [7, 11) is 0. The number of aryl methyl sites for hydroxylation is 1. The largest absolute Gasteiger partial charge is 0.494 e. The van der Waals surface area contributed by atoms with Crippen LogP contribution in [0.3, 0.4) is 0 Å². The van der Waals surface area contributed by atoms with Gasteiger partial charge in [-0.2, -0.15) is 0 Å². The molecular formula is C19H26N4O2. The third kappa shape index (κ3) is 4.53. The van der Waals surface area contributed by atoms with Crippen LogP contribution in [0.25, 0.3) is 0 Å². The number of likely N-dealkylation sites (tertiary alicyclic amines) is 1. The summed E-state index contributed by atoms with van der Waals surface area (Å²) in [5.74, 6) is 0.875. The maximum atomic E-state index is 12.5. The number of carbonyl (C=O) groups excluding carboxylic acids is 1. The fourth-order valence-electron chi connectivity index (χ4n) is 3.29. The van der Waals surface area contributed by atoms with E-state index in [1.165, 1.54) is 5.56 Å². The van der Waals surface area contributed by atoms with Gasteiger partial charge in [-0.05, 0) is 43.9 Å². The molecule has 25 heavy (non-hydrogen) atoms. The first-order valence-electron chi connectivity index (χ1n) is 9.01. The van der Waals surface area contributed by atoms with Crippen molar-refractivity contribution in [3.05, 3.63) is 48.5 Å². The molecule has 2 aromatic rings. The summed E-state index contributed by atoms with van der Waals surface area (Å²) in [6, 6.07) is 8.29. The average molecular weight is 342 g/mol. The van der Waals surface area contributed by atoms with E-state index in [1.807, 2.05) is 34.7 Å². The second-order valence-corrected chi connectivity index (χ2v) is 6.24. The predicted molar refractivity (Wildman–Crippen MR) is 96.5 cm³/mol. The molecule has 0 saturated carbocycles. The number of imidazole rings is 1. The molecule has 2 amide bonds. The van der Waals surface area contributed by atoms with Gasteiger partial charge in [0.25, 0.3) is 0 Å². The van der Waals surface area contributed by atoms with E-state index in [2.05, 4.69) is 22.4 Å². The van der Waals surface area contributed by atoms with Crippen LogP contribution in [-0.2, 0) is 6.54 Å². The predicted octanol–water partition coefficient (Wildman–Crippen LogP) is 3.22. The molecule has 6 nitrogen and oxygen atoms in total. The van der Waals surface area contributed by atoms with Crippen LogP contribution < -0.4 is 10.1 Å². The van der Waals surface area contributed by atoms with E-state index < -0.39 is 0 Å². The molecule has 1 aliphatic rings. The van der Waals surface area contributed by atoms with Crippen LogP contribution in [-0.4, -0.2) is 40.2 Å². The molecule has 1 aromatic heterocycles. The maximum absolute atomic E-state index is 12.5. The Balaban J connectivity index is 1.50. The molecule has 0 unspecified atom stereocenters. The van der Waals surface area contributed by atoms with Crippen molar-refractivity contribution in [2.24, 2.45) is 0 Å². The summed E-state index contributed by atoms with van der Waals surface area (Å²) in [5, 5.41) is 3.05. The zero-order chi connectivity index (χ0) is 17.5. The molecule has 1 saturated heterocycles. The molecule has 0 bridgehead atoms. The zero-order valence-corrected chi connectivity index (χ0v) is 14.7. The Labute approximate surface area is 148 Å². The highest BCUT2D eigenvalue weighted by atomic mass is 16.5. The molecule has 1 fully saturated rings. The number of hydrogen-bond donors (Lipinski definition) is 1. The van der Waals surface area contributed by atoms with Gasteiger partial charge in [0.2, 0.25) is 0 Å². The number of benzene rings is 1. The number of aromatic nitrogens is 2. The second-order valence-electron chi connectivity index (χ2n) is 6.24. The normalized spacial score (nSPS) is 16.8.